The van der Waals surface area contributed by atoms with Crippen molar-refractivity contribution in [3.63, 3.8) is 0 Å². The molecule has 0 aliphatic rings. The van der Waals surface area contributed by atoms with Crippen LogP contribution in [0.5, 0.6) is 0 Å². The van der Waals surface area contributed by atoms with E-state index in [2.05, 4.69) is 5.32 Å². The summed E-state index contributed by atoms with van der Waals surface area (Å²) in [6, 6.07) is 4.71. The van der Waals surface area contributed by atoms with E-state index in [0.717, 1.165) is 12.1 Å². The molecule has 0 spiro atoms. The van der Waals surface area contributed by atoms with Gasteiger partial charge in [0.2, 0.25) is 0 Å². The molecule has 0 fully saturated rings. The number of carbonyl (C=O) groups is 1. The van der Waals surface area contributed by atoms with Crippen molar-refractivity contribution in [3.8, 4) is 0 Å². The third-order valence-electron chi connectivity index (χ3n) is 2.88. The molecule has 0 aromatic heterocycles. The molecule has 2 nitrogen and oxygen atoms in total. The van der Waals surface area contributed by atoms with Crippen LogP contribution in [-0.2, 0) is 17.4 Å². The van der Waals surface area contributed by atoms with Crippen LogP contribution in [0.3, 0.4) is 0 Å². The zero-order valence-electron chi connectivity index (χ0n) is 11.1. The van der Waals surface area contributed by atoms with Crippen molar-refractivity contribution >= 4 is 5.78 Å². The van der Waals surface area contributed by atoms with E-state index in [0.29, 0.717) is 18.5 Å². The van der Waals surface area contributed by atoms with Crippen molar-refractivity contribution in [1.29, 1.82) is 0 Å². The summed E-state index contributed by atoms with van der Waals surface area (Å²) in [4.78, 5) is 11.7. The van der Waals surface area contributed by atoms with E-state index in [1.165, 1.54) is 6.07 Å². The van der Waals surface area contributed by atoms with Crippen LogP contribution in [0.15, 0.2) is 24.3 Å². The maximum absolute atomic E-state index is 12.6. The van der Waals surface area contributed by atoms with Gasteiger partial charge in [0.05, 0.1) is 11.6 Å². The molecule has 0 aliphatic heterocycles. The largest absolute Gasteiger partial charge is 0.416 e. The van der Waals surface area contributed by atoms with Gasteiger partial charge in [0, 0.05) is 6.42 Å². The summed E-state index contributed by atoms with van der Waals surface area (Å²) < 4.78 is 37.8. The smallest absolute Gasteiger partial charge is 0.307 e. The molecule has 5 heteroatoms. The Labute approximate surface area is 111 Å². The molecule has 1 N–H and O–H groups in total. The minimum Gasteiger partial charge on any atom is -0.307 e. The van der Waals surface area contributed by atoms with E-state index >= 15 is 0 Å². The lowest BCUT2D eigenvalue weighted by Gasteiger charge is -2.17. The summed E-state index contributed by atoms with van der Waals surface area (Å²) in [5.41, 5.74) is -0.160. The van der Waals surface area contributed by atoms with E-state index in [9.17, 15) is 18.0 Å². The summed E-state index contributed by atoms with van der Waals surface area (Å²) in [5.74, 6) is 0.0132. The molecule has 0 saturated heterocycles. The van der Waals surface area contributed by atoms with Gasteiger partial charge < -0.3 is 5.32 Å². The van der Waals surface area contributed by atoms with Gasteiger partial charge in [0.1, 0.15) is 5.78 Å². The van der Waals surface area contributed by atoms with Crippen molar-refractivity contribution in [3.05, 3.63) is 35.4 Å². The number of hydrogen-bond donors (Lipinski definition) is 1. The molecule has 0 radical (unpaired) electrons. The van der Waals surface area contributed by atoms with Crippen molar-refractivity contribution in [2.75, 3.05) is 6.54 Å². The predicted octanol–water partition coefficient (Wildman–Crippen LogP) is 3.21. The number of nitrogens with one attached hydrogen (secondary N) is 1. The minimum absolute atomic E-state index is 0.0132. The molecule has 0 bridgehead atoms. The fraction of sp³-hybridized carbons (Fsp3) is 0.500. The van der Waals surface area contributed by atoms with Crippen molar-refractivity contribution in [2.45, 2.75) is 38.9 Å². The molecule has 1 aromatic rings. The second-order valence-electron chi connectivity index (χ2n) is 4.33. The molecule has 1 rings (SSSR count). The third-order valence-corrected chi connectivity index (χ3v) is 2.88. The van der Waals surface area contributed by atoms with Crippen molar-refractivity contribution in [2.24, 2.45) is 0 Å². The Kier molecular flexibility index (Phi) is 5.54. The van der Waals surface area contributed by atoms with E-state index in [-0.39, 0.29) is 12.2 Å². The van der Waals surface area contributed by atoms with E-state index in [1.54, 1.807) is 13.0 Å². The summed E-state index contributed by atoms with van der Waals surface area (Å²) in [7, 11) is 0. The maximum Gasteiger partial charge on any atom is 0.416 e. The highest BCUT2D eigenvalue weighted by molar-refractivity contribution is 5.84. The number of Topliss-reactive ketones (excluding diaryl/α,β-unsaturated/α-hetero) is 1. The van der Waals surface area contributed by atoms with E-state index in [4.69, 9.17) is 0 Å². The summed E-state index contributed by atoms with van der Waals surface area (Å²) in [6.07, 6.45) is -3.69. The molecule has 0 aliphatic carbocycles. The second kappa shape index (κ2) is 6.70. The van der Waals surface area contributed by atoms with Gasteiger partial charge in [-0.05, 0) is 24.6 Å². The molecule has 1 aromatic carbocycles. The average Bonchev–Trinajstić information content (AvgIpc) is 2.36. The molecule has 19 heavy (non-hydrogen) atoms. The van der Waals surface area contributed by atoms with Crippen LogP contribution in [-0.4, -0.2) is 18.4 Å². The number of halogens is 3. The van der Waals surface area contributed by atoms with Crippen molar-refractivity contribution < 1.29 is 18.0 Å². The van der Waals surface area contributed by atoms with Gasteiger partial charge in [-0.25, -0.2) is 0 Å². The molecule has 1 atom stereocenters. The topological polar surface area (TPSA) is 29.1 Å². The van der Waals surface area contributed by atoms with E-state index < -0.39 is 17.8 Å². The Bertz CT molecular complexity index is 429. The van der Waals surface area contributed by atoms with Crippen LogP contribution >= 0.6 is 0 Å². The Balaban J connectivity index is 2.88. The Morgan fingerprint density at radius 2 is 2.00 bits per heavy atom. The third kappa shape index (κ3) is 4.67. The number of benzene rings is 1. The quantitative estimate of drug-likeness (QED) is 0.862. The number of likely N-dealkylation sites (N-methyl/N-ethyl adjacent to an activating group) is 1. The van der Waals surface area contributed by atoms with Gasteiger partial charge in [-0.3, -0.25) is 4.79 Å². The molecule has 106 valence electrons. The maximum atomic E-state index is 12.6. The number of hydrogen-bond acceptors (Lipinski definition) is 2. The van der Waals surface area contributed by atoms with Crippen LogP contribution in [0.25, 0.3) is 0 Å². The van der Waals surface area contributed by atoms with Crippen LogP contribution in [0.1, 0.15) is 31.4 Å². The molecule has 0 amide bonds. The Hall–Kier alpha value is -1.36. The standard InChI is InChI=1S/C14H18F3NO/c1-3-13(19)12(18-4-2)9-10-6-5-7-11(8-10)14(15,16)17/h5-8,12,18H,3-4,9H2,1-2H3/t12-/m1/s1. The summed E-state index contributed by atoms with van der Waals surface area (Å²) in [5, 5.41) is 3.01. The first kappa shape index (κ1) is 15.7. The van der Waals surface area contributed by atoms with Gasteiger partial charge in [0.15, 0.2) is 0 Å². The fourth-order valence-corrected chi connectivity index (χ4v) is 1.90. The zero-order valence-corrected chi connectivity index (χ0v) is 11.1. The van der Waals surface area contributed by atoms with Crippen LogP contribution in [0.4, 0.5) is 13.2 Å². The van der Waals surface area contributed by atoms with Gasteiger partial charge in [-0.1, -0.05) is 32.0 Å². The summed E-state index contributed by atoms with van der Waals surface area (Å²) in [6.45, 7) is 4.22. The SMILES string of the molecule is CCN[C@H](Cc1cccc(C(F)(F)F)c1)C(=O)CC. The molecule has 0 saturated carbocycles. The molecule has 0 unspecified atom stereocenters. The molecular formula is C14H18F3NO. The lowest BCUT2D eigenvalue weighted by atomic mass is 9.99. The lowest BCUT2D eigenvalue weighted by Crippen LogP contribution is -2.38. The lowest BCUT2D eigenvalue weighted by molar-refractivity contribution is -0.137. The zero-order chi connectivity index (χ0) is 14.5. The number of carbonyl (C=O) groups excluding carboxylic acids is 1. The predicted molar refractivity (Wildman–Crippen MR) is 67.9 cm³/mol. The number of rotatable bonds is 6. The first-order chi connectivity index (χ1) is 8.88. The molecular weight excluding hydrogens is 255 g/mol. The van der Waals surface area contributed by atoms with Crippen LogP contribution in [0.2, 0.25) is 0 Å². The number of alkyl halides is 3. The monoisotopic (exact) mass is 273 g/mol. The van der Waals surface area contributed by atoms with Crippen molar-refractivity contribution in [1.82, 2.24) is 5.32 Å². The first-order valence-electron chi connectivity index (χ1n) is 6.30. The van der Waals surface area contributed by atoms with Gasteiger partial charge in [-0.15, -0.1) is 0 Å². The van der Waals surface area contributed by atoms with Crippen LogP contribution in [0, 0.1) is 0 Å². The normalized spacial score (nSPS) is 13.3. The average molecular weight is 273 g/mol. The summed E-state index contributed by atoms with van der Waals surface area (Å²) >= 11 is 0. The highest BCUT2D eigenvalue weighted by atomic mass is 19.4. The number of ketones is 1. The minimum atomic E-state index is -4.35. The highest BCUT2D eigenvalue weighted by Gasteiger charge is 2.30. The van der Waals surface area contributed by atoms with Crippen LogP contribution < -0.4 is 5.32 Å². The first-order valence-corrected chi connectivity index (χ1v) is 6.30. The highest BCUT2D eigenvalue weighted by Crippen LogP contribution is 2.29. The van der Waals surface area contributed by atoms with Gasteiger partial charge in [-0.2, -0.15) is 13.2 Å². The molecule has 0 heterocycles. The van der Waals surface area contributed by atoms with Gasteiger partial charge in [0.25, 0.3) is 0 Å². The second-order valence-corrected chi connectivity index (χ2v) is 4.33. The Morgan fingerprint density at radius 1 is 1.32 bits per heavy atom. The Morgan fingerprint density at radius 3 is 2.53 bits per heavy atom. The van der Waals surface area contributed by atoms with E-state index in [1.807, 2.05) is 6.92 Å². The fourth-order valence-electron chi connectivity index (χ4n) is 1.90. The van der Waals surface area contributed by atoms with Gasteiger partial charge >= 0.3 is 6.18 Å².